The van der Waals surface area contributed by atoms with Crippen LogP contribution < -0.4 is 15.2 Å². The van der Waals surface area contributed by atoms with Crippen molar-refractivity contribution in [2.24, 2.45) is 18.1 Å². The lowest BCUT2D eigenvalue weighted by Crippen LogP contribution is -2.35. The van der Waals surface area contributed by atoms with E-state index in [1.54, 1.807) is 24.3 Å². The Bertz CT molecular complexity index is 2520. The molecule has 12 nitrogen and oxygen atoms in total. The smallest absolute Gasteiger partial charge is 0.297 e. The maximum Gasteiger partial charge on any atom is 0.297 e. The van der Waals surface area contributed by atoms with E-state index in [9.17, 15) is 35.9 Å². The monoisotopic (exact) mass is 802 g/mol. The number of aliphatic hydroxyl groups is 1. The van der Waals surface area contributed by atoms with E-state index in [4.69, 9.17) is 10.1 Å². The molecule has 0 saturated heterocycles. The van der Waals surface area contributed by atoms with Gasteiger partial charge in [-0.05, 0) is 68.0 Å². The second-order valence-electron chi connectivity index (χ2n) is 14.2. The zero-order valence-corrected chi connectivity index (χ0v) is 31.3. The van der Waals surface area contributed by atoms with Crippen molar-refractivity contribution >= 4 is 32.8 Å². The summed E-state index contributed by atoms with van der Waals surface area (Å²) in [4.78, 5) is 18.6. The fourth-order valence-electron chi connectivity index (χ4n) is 6.93. The van der Waals surface area contributed by atoms with Gasteiger partial charge in [0.25, 0.3) is 22.6 Å². The predicted molar refractivity (Wildman–Crippen MR) is 193 cm³/mol. The number of amides is 1. The molecule has 0 unspecified atom stereocenters. The molecule has 3 atom stereocenters. The molecule has 3 aromatic heterocycles. The number of aromatic nitrogens is 5. The number of benzene rings is 2. The average molecular weight is 803 g/mol. The van der Waals surface area contributed by atoms with Gasteiger partial charge >= 0.3 is 0 Å². The van der Waals surface area contributed by atoms with Crippen molar-refractivity contribution in [3.63, 3.8) is 0 Å². The summed E-state index contributed by atoms with van der Waals surface area (Å²) in [6.07, 6.45) is -3.55. The average Bonchev–Trinajstić information content (AvgIpc) is 3.67. The van der Waals surface area contributed by atoms with Crippen LogP contribution in [0.15, 0.2) is 48.5 Å². The highest BCUT2D eigenvalue weighted by molar-refractivity contribution is 7.90. The first-order chi connectivity index (χ1) is 26.0. The topological polar surface area (TPSA) is 170 Å². The van der Waals surface area contributed by atoms with Crippen LogP contribution in [0.5, 0.6) is 0 Å². The van der Waals surface area contributed by atoms with Crippen molar-refractivity contribution in [1.82, 2.24) is 29.9 Å². The summed E-state index contributed by atoms with van der Waals surface area (Å²) < 4.78 is 116. The Balaban J connectivity index is 1.53. The number of nitrogens with two attached hydrogens (primary N) is 1. The van der Waals surface area contributed by atoms with Crippen LogP contribution in [0.3, 0.4) is 0 Å². The van der Waals surface area contributed by atoms with Gasteiger partial charge in [0.15, 0.2) is 5.82 Å². The third-order valence-electron chi connectivity index (χ3n) is 9.45. The Morgan fingerprint density at radius 1 is 1.05 bits per heavy atom. The molecule has 0 aliphatic heterocycles. The number of aryl methyl sites for hydroxylation is 1. The number of halogens is 6. The molecule has 1 amide bonds. The van der Waals surface area contributed by atoms with Crippen molar-refractivity contribution in [1.29, 1.82) is 0 Å². The molecule has 5 N–H and O–H groups in total. The largest absolute Gasteiger partial charge is 0.378 e. The van der Waals surface area contributed by atoms with Gasteiger partial charge in [-0.25, -0.2) is 27.7 Å². The van der Waals surface area contributed by atoms with Gasteiger partial charge in [-0.1, -0.05) is 31.9 Å². The normalized spacial score (nSPS) is 17.1. The van der Waals surface area contributed by atoms with E-state index >= 15 is 8.78 Å². The number of fused-ring (bicyclic) bond motifs is 2. The fraction of sp³-hybridized carbons (Fsp3) is 0.351. The second kappa shape index (κ2) is 14.6. The molecule has 6 rings (SSSR count). The Hall–Kier alpha value is -5.45. The standard InChI is InChI=1S/C37H36F6N8O4S/c1-18-19(2)37(42,43)33-29(18)31(34(40)41)47-51(33)17-28(52)46-27(15-20-13-21(38)16-22(39)14-20)30-24(10-9-23(45-30)11-12-36(3,4)53)25-7-6-8-26-32(25)50(5)48-35(26)49-56(44,54)55/h6-10,13-14,16,18-19,27,34,53H,15,17H2,1-5H3,(H,46,52)(H,48,49)(H2,44,54,55)/t18-,19+,27-/m0/s1. The number of pyridine rings is 1. The maximum absolute atomic E-state index is 15.6. The van der Waals surface area contributed by atoms with Gasteiger partial charge in [-0.15, -0.1) is 0 Å². The molecule has 0 saturated carbocycles. The number of carbonyl (C=O) groups excluding carboxylic acids is 1. The Morgan fingerprint density at radius 2 is 1.73 bits per heavy atom. The third-order valence-corrected chi connectivity index (χ3v) is 9.93. The number of nitrogens with one attached hydrogen (secondary N) is 2. The van der Waals surface area contributed by atoms with E-state index in [2.05, 4.69) is 32.1 Å². The van der Waals surface area contributed by atoms with Gasteiger partial charge in [-0.3, -0.25) is 18.9 Å². The van der Waals surface area contributed by atoms with Crippen LogP contribution in [-0.4, -0.2) is 49.6 Å². The van der Waals surface area contributed by atoms with Gasteiger partial charge in [0.1, 0.15) is 40.9 Å². The van der Waals surface area contributed by atoms with Crippen LogP contribution in [0.4, 0.5) is 32.2 Å². The van der Waals surface area contributed by atoms with E-state index in [1.807, 2.05) is 0 Å². The molecule has 0 bridgehead atoms. The van der Waals surface area contributed by atoms with Crippen molar-refractivity contribution in [3.8, 4) is 23.0 Å². The van der Waals surface area contributed by atoms with Crippen molar-refractivity contribution in [3.05, 3.63) is 94.1 Å². The first-order valence-corrected chi connectivity index (χ1v) is 18.6. The SMILES string of the molecule is C[C@@H]1c2c(C(F)F)nn(CC(=O)N[C@@H](Cc3cc(F)cc(F)c3)c3nc(C#CC(C)(C)O)ccc3-c3cccc4c(NS(N)(=O)=O)nn(C)c34)c2C(F)(F)[C@@H]1C. The van der Waals surface area contributed by atoms with Crippen LogP contribution in [0.2, 0.25) is 0 Å². The van der Waals surface area contributed by atoms with Gasteiger partial charge < -0.3 is 10.4 Å². The lowest BCUT2D eigenvalue weighted by molar-refractivity contribution is -0.123. The quantitative estimate of drug-likeness (QED) is 0.103. The molecule has 5 aromatic rings. The van der Waals surface area contributed by atoms with Gasteiger partial charge in [0.05, 0.1) is 17.3 Å². The maximum atomic E-state index is 15.6. The Morgan fingerprint density at radius 3 is 2.36 bits per heavy atom. The summed E-state index contributed by atoms with van der Waals surface area (Å²) in [5.74, 6) is -3.54. The minimum Gasteiger partial charge on any atom is -0.378 e. The summed E-state index contributed by atoms with van der Waals surface area (Å²) >= 11 is 0. The number of para-hydroxylation sites is 1. The van der Waals surface area contributed by atoms with Crippen LogP contribution in [0.1, 0.15) is 80.0 Å². The summed E-state index contributed by atoms with van der Waals surface area (Å²) in [5, 5.41) is 26.5. The van der Waals surface area contributed by atoms with Crippen LogP contribution >= 0.6 is 0 Å². The molecular weight excluding hydrogens is 767 g/mol. The lowest BCUT2D eigenvalue weighted by atomic mass is 9.93. The van der Waals surface area contributed by atoms with E-state index in [1.165, 1.54) is 45.5 Å². The zero-order valence-electron chi connectivity index (χ0n) is 30.5. The van der Waals surface area contributed by atoms with Crippen molar-refractivity contribution < 1.29 is 44.7 Å². The predicted octanol–water partition coefficient (Wildman–Crippen LogP) is 5.73. The lowest BCUT2D eigenvalue weighted by Gasteiger charge is -2.23. The molecule has 1 aliphatic carbocycles. The number of alkyl halides is 4. The number of hydrogen-bond donors (Lipinski definition) is 4. The highest BCUT2D eigenvalue weighted by Gasteiger charge is 2.55. The number of hydrogen-bond acceptors (Lipinski definition) is 7. The summed E-state index contributed by atoms with van der Waals surface area (Å²) in [6, 6.07) is 9.22. The molecule has 0 spiro atoms. The van der Waals surface area contributed by atoms with Gasteiger partial charge in [0, 0.05) is 41.1 Å². The molecule has 0 fully saturated rings. The summed E-state index contributed by atoms with van der Waals surface area (Å²) in [7, 11) is -2.73. The summed E-state index contributed by atoms with van der Waals surface area (Å²) in [5.41, 5.74) is -2.28. The van der Waals surface area contributed by atoms with E-state index in [0.717, 1.165) is 12.1 Å². The minimum absolute atomic E-state index is 0.0340. The van der Waals surface area contributed by atoms with Crippen LogP contribution in [0, 0.1) is 29.4 Å². The van der Waals surface area contributed by atoms with Gasteiger partial charge in [0.2, 0.25) is 5.91 Å². The second-order valence-corrected chi connectivity index (χ2v) is 15.5. The highest BCUT2D eigenvalue weighted by atomic mass is 32.2. The van der Waals surface area contributed by atoms with E-state index < -0.39 is 81.5 Å². The first kappa shape index (κ1) is 40.2. The van der Waals surface area contributed by atoms with Crippen molar-refractivity contribution in [2.45, 2.75) is 70.6 Å². The molecule has 296 valence electrons. The molecule has 0 radical (unpaired) electrons. The van der Waals surface area contributed by atoms with E-state index in [0.29, 0.717) is 27.2 Å². The molecule has 56 heavy (non-hydrogen) atoms. The van der Waals surface area contributed by atoms with Crippen LogP contribution in [-0.2, 0) is 40.9 Å². The van der Waals surface area contributed by atoms with E-state index in [-0.39, 0.29) is 40.3 Å². The minimum atomic E-state index is -4.26. The Labute approximate surface area is 317 Å². The number of carbonyl (C=O) groups is 1. The fourth-order valence-corrected chi connectivity index (χ4v) is 7.35. The van der Waals surface area contributed by atoms with Crippen molar-refractivity contribution in [2.75, 3.05) is 4.72 Å². The Kier molecular flexibility index (Phi) is 10.5. The van der Waals surface area contributed by atoms with Gasteiger partial charge in [-0.2, -0.15) is 27.4 Å². The molecule has 1 aliphatic rings. The number of anilines is 1. The van der Waals surface area contributed by atoms with Crippen LogP contribution in [0.25, 0.3) is 22.0 Å². The summed E-state index contributed by atoms with van der Waals surface area (Å²) in [6.45, 7) is 4.53. The molecule has 2 aromatic carbocycles. The zero-order chi connectivity index (χ0) is 41.1. The molecule has 3 heterocycles. The number of rotatable bonds is 10. The third kappa shape index (κ3) is 8.08. The molecule has 19 heteroatoms. The molecular formula is C37H36F6N8O4S. The first-order valence-electron chi connectivity index (χ1n) is 17.1. The number of nitrogens with zero attached hydrogens (tertiary/aromatic N) is 5. The highest BCUT2D eigenvalue weighted by Crippen LogP contribution is 2.54.